The molecular formula is C11H14N4. The summed E-state index contributed by atoms with van der Waals surface area (Å²) in [5.41, 5.74) is 1.10. The van der Waals surface area contributed by atoms with E-state index in [2.05, 4.69) is 32.2 Å². The smallest absolute Gasteiger partial charge is 0.151 e. The van der Waals surface area contributed by atoms with E-state index in [1.165, 1.54) is 0 Å². The fraction of sp³-hybridized carbons (Fsp3) is 0.273. The predicted octanol–water partition coefficient (Wildman–Crippen LogP) is 1.30. The third kappa shape index (κ3) is 1.89. The first kappa shape index (κ1) is 9.86. The molecule has 4 heteroatoms. The van der Waals surface area contributed by atoms with Crippen molar-refractivity contribution in [3.05, 3.63) is 42.0 Å². The van der Waals surface area contributed by atoms with Crippen molar-refractivity contribution in [2.24, 2.45) is 0 Å². The van der Waals surface area contributed by atoms with Crippen LogP contribution < -0.4 is 5.32 Å². The number of hydrogen-bond donors (Lipinski definition) is 1. The van der Waals surface area contributed by atoms with Gasteiger partial charge in [0.25, 0.3) is 0 Å². The van der Waals surface area contributed by atoms with Gasteiger partial charge in [-0.15, -0.1) is 10.2 Å². The van der Waals surface area contributed by atoms with Crippen LogP contribution in [0.2, 0.25) is 0 Å². The Morgan fingerprint density at radius 2 is 1.93 bits per heavy atom. The number of hydrogen-bond acceptors (Lipinski definition) is 3. The van der Waals surface area contributed by atoms with Gasteiger partial charge >= 0.3 is 0 Å². The quantitative estimate of drug-likeness (QED) is 0.815. The van der Waals surface area contributed by atoms with Crippen LogP contribution >= 0.6 is 0 Å². The Kier molecular flexibility index (Phi) is 2.78. The van der Waals surface area contributed by atoms with Gasteiger partial charge < -0.3 is 5.32 Å². The SMILES string of the molecule is CNCc1nnc(C)n1-c1ccccc1. The number of aromatic nitrogens is 3. The molecule has 0 saturated carbocycles. The first-order chi connectivity index (χ1) is 7.33. The molecule has 78 valence electrons. The molecule has 0 saturated heterocycles. The van der Waals surface area contributed by atoms with Gasteiger partial charge in [-0.1, -0.05) is 18.2 Å². The topological polar surface area (TPSA) is 42.7 Å². The highest BCUT2D eigenvalue weighted by molar-refractivity contribution is 5.33. The number of aryl methyl sites for hydroxylation is 1. The zero-order valence-electron chi connectivity index (χ0n) is 8.94. The molecular weight excluding hydrogens is 188 g/mol. The van der Waals surface area contributed by atoms with Crippen molar-refractivity contribution in [1.82, 2.24) is 20.1 Å². The molecule has 0 bridgehead atoms. The molecule has 1 N–H and O–H groups in total. The fourth-order valence-electron chi connectivity index (χ4n) is 1.59. The first-order valence-electron chi connectivity index (χ1n) is 4.94. The highest BCUT2D eigenvalue weighted by Crippen LogP contribution is 2.11. The van der Waals surface area contributed by atoms with E-state index >= 15 is 0 Å². The van der Waals surface area contributed by atoms with Crippen LogP contribution in [0.1, 0.15) is 11.6 Å². The maximum atomic E-state index is 4.13. The standard InChI is InChI=1S/C11H14N4/c1-9-13-14-11(8-12-2)15(9)10-6-4-3-5-7-10/h3-7,12H,8H2,1-2H3. The summed E-state index contributed by atoms with van der Waals surface area (Å²) in [4.78, 5) is 0. The second-order valence-electron chi connectivity index (χ2n) is 3.36. The number of benzene rings is 1. The Morgan fingerprint density at radius 3 is 2.60 bits per heavy atom. The average Bonchev–Trinajstić information content (AvgIpc) is 2.62. The van der Waals surface area contributed by atoms with E-state index < -0.39 is 0 Å². The van der Waals surface area contributed by atoms with Crippen LogP contribution in [-0.2, 0) is 6.54 Å². The van der Waals surface area contributed by atoms with E-state index in [-0.39, 0.29) is 0 Å². The summed E-state index contributed by atoms with van der Waals surface area (Å²) in [6.45, 7) is 2.68. The Hall–Kier alpha value is -1.68. The number of para-hydroxylation sites is 1. The molecule has 1 aromatic heterocycles. The molecule has 4 nitrogen and oxygen atoms in total. The summed E-state index contributed by atoms with van der Waals surface area (Å²) >= 11 is 0. The maximum absolute atomic E-state index is 4.13. The van der Waals surface area contributed by atoms with E-state index in [0.717, 1.165) is 23.9 Å². The van der Waals surface area contributed by atoms with Gasteiger partial charge in [0, 0.05) is 5.69 Å². The van der Waals surface area contributed by atoms with E-state index in [1.807, 2.05) is 32.2 Å². The number of nitrogens with zero attached hydrogens (tertiary/aromatic N) is 3. The highest BCUT2D eigenvalue weighted by Gasteiger charge is 2.08. The second-order valence-corrected chi connectivity index (χ2v) is 3.36. The van der Waals surface area contributed by atoms with Crippen molar-refractivity contribution in [2.45, 2.75) is 13.5 Å². The molecule has 0 aliphatic carbocycles. The molecule has 0 fully saturated rings. The van der Waals surface area contributed by atoms with Crippen molar-refractivity contribution < 1.29 is 0 Å². The minimum absolute atomic E-state index is 0.718. The van der Waals surface area contributed by atoms with Crippen LogP contribution in [0.3, 0.4) is 0 Å². The Bertz CT molecular complexity index is 433. The van der Waals surface area contributed by atoms with E-state index in [4.69, 9.17) is 0 Å². The van der Waals surface area contributed by atoms with Gasteiger partial charge in [-0.25, -0.2) is 0 Å². The second kappa shape index (κ2) is 4.23. The highest BCUT2D eigenvalue weighted by atomic mass is 15.3. The summed E-state index contributed by atoms with van der Waals surface area (Å²) in [5, 5.41) is 11.3. The normalized spacial score (nSPS) is 10.5. The zero-order valence-corrected chi connectivity index (χ0v) is 8.94. The van der Waals surface area contributed by atoms with Gasteiger partial charge in [-0.2, -0.15) is 0 Å². The summed E-state index contributed by atoms with van der Waals surface area (Å²) in [6, 6.07) is 10.1. The lowest BCUT2D eigenvalue weighted by Crippen LogP contribution is -2.11. The van der Waals surface area contributed by atoms with Crippen LogP contribution in [0.4, 0.5) is 0 Å². The molecule has 1 aromatic carbocycles. The van der Waals surface area contributed by atoms with Gasteiger partial charge in [-0.05, 0) is 26.1 Å². The van der Waals surface area contributed by atoms with Gasteiger partial charge in [-0.3, -0.25) is 4.57 Å². The largest absolute Gasteiger partial charge is 0.313 e. The summed E-state index contributed by atoms with van der Waals surface area (Å²) in [7, 11) is 1.90. The molecule has 1 heterocycles. The minimum Gasteiger partial charge on any atom is -0.313 e. The molecule has 2 rings (SSSR count). The summed E-state index contributed by atoms with van der Waals surface area (Å²) < 4.78 is 2.05. The van der Waals surface area contributed by atoms with Crippen molar-refractivity contribution in [3.8, 4) is 5.69 Å². The van der Waals surface area contributed by atoms with Crippen LogP contribution in [0, 0.1) is 6.92 Å². The Labute approximate surface area is 89.0 Å². The third-order valence-electron chi connectivity index (χ3n) is 2.24. The van der Waals surface area contributed by atoms with Crippen molar-refractivity contribution in [3.63, 3.8) is 0 Å². The van der Waals surface area contributed by atoms with Crippen LogP contribution in [-0.4, -0.2) is 21.8 Å². The lowest BCUT2D eigenvalue weighted by Gasteiger charge is -2.07. The third-order valence-corrected chi connectivity index (χ3v) is 2.24. The van der Waals surface area contributed by atoms with E-state index in [1.54, 1.807) is 0 Å². The van der Waals surface area contributed by atoms with Crippen molar-refractivity contribution in [2.75, 3.05) is 7.05 Å². The Morgan fingerprint density at radius 1 is 1.20 bits per heavy atom. The monoisotopic (exact) mass is 202 g/mol. The van der Waals surface area contributed by atoms with E-state index in [9.17, 15) is 0 Å². The molecule has 0 amide bonds. The molecule has 15 heavy (non-hydrogen) atoms. The van der Waals surface area contributed by atoms with Gasteiger partial charge in [0.1, 0.15) is 5.82 Å². The minimum atomic E-state index is 0.718. The molecule has 0 aliphatic rings. The molecule has 0 spiro atoms. The molecule has 0 radical (unpaired) electrons. The molecule has 2 aromatic rings. The van der Waals surface area contributed by atoms with Crippen LogP contribution in [0.15, 0.2) is 30.3 Å². The number of rotatable bonds is 3. The predicted molar refractivity (Wildman–Crippen MR) is 58.9 cm³/mol. The molecule has 0 atom stereocenters. The summed E-state index contributed by atoms with van der Waals surface area (Å²) in [5.74, 6) is 1.84. The van der Waals surface area contributed by atoms with Gasteiger partial charge in [0.2, 0.25) is 0 Å². The first-order valence-corrected chi connectivity index (χ1v) is 4.94. The van der Waals surface area contributed by atoms with E-state index in [0.29, 0.717) is 0 Å². The molecule has 0 unspecified atom stereocenters. The Balaban J connectivity index is 2.47. The van der Waals surface area contributed by atoms with Crippen LogP contribution in [0.25, 0.3) is 5.69 Å². The summed E-state index contributed by atoms with van der Waals surface area (Å²) in [6.07, 6.45) is 0. The lowest BCUT2D eigenvalue weighted by atomic mass is 10.3. The number of nitrogens with one attached hydrogen (secondary N) is 1. The lowest BCUT2D eigenvalue weighted by molar-refractivity contribution is 0.734. The zero-order chi connectivity index (χ0) is 10.7. The van der Waals surface area contributed by atoms with Gasteiger partial charge in [0.05, 0.1) is 6.54 Å². The van der Waals surface area contributed by atoms with Crippen molar-refractivity contribution in [1.29, 1.82) is 0 Å². The van der Waals surface area contributed by atoms with Crippen molar-refractivity contribution >= 4 is 0 Å². The maximum Gasteiger partial charge on any atom is 0.151 e. The van der Waals surface area contributed by atoms with Gasteiger partial charge in [0.15, 0.2) is 5.82 Å². The molecule has 0 aliphatic heterocycles. The fourth-order valence-corrected chi connectivity index (χ4v) is 1.59. The average molecular weight is 202 g/mol. The van der Waals surface area contributed by atoms with Crippen LogP contribution in [0.5, 0.6) is 0 Å².